The van der Waals surface area contributed by atoms with Gasteiger partial charge in [-0.25, -0.2) is 4.98 Å². The zero-order valence-corrected chi connectivity index (χ0v) is 12.4. The van der Waals surface area contributed by atoms with Crippen LogP contribution in [0.25, 0.3) is 0 Å². The zero-order valence-electron chi connectivity index (χ0n) is 9.98. The zero-order chi connectivity index (χ0) is 12.3. The van der Waals surface area contributed by atoms with E-state index in [9.17, 15) is 0 Å². The average molecular weight is 314 g/mol. The summed E-state index contributed by atoms with van der Waals surface area (Å²) >= 11 is 5.28. The second kappa shape index (κ2) is 5.80. The summed E-state index contributed by atoms with van der Waals surface area (Å²) in [5.74, 6) is 1.14. The van der Waals surface area contributed by atoms with Crippen molar-refractivity contribution >= 4 is 27.3 Å². The molecule has 1 unspecified atom stereocenters. The summed E-state index contributed by atoms with van der Waals surface area (Å²) in [6.45, 7) is 0. The molecule has 0 amide bonds. The van der Waals surface area contributed by atoms with Crippen molar-refractivity contribution in [2.24, 2.45) is 7.05 Å². The molecule has 0 saturated carbocycles. The van der Waals surface area contributed by atoms with Crippen molar-refractivity contribution < 1.29 is 0 Å². The van der Waals surface area contributed by atoms with Gasteiger partial charge >= 0.3 is 0 Å². The number of hydrogen-bond donors (Lipinski definition) is 1. The fourth-order valence-corrected chi connectivity index (χ4v) is 3.44. The van der Waals surface area contributed by atoms with E-state index in [1.165, 1.54) is 4.88 Å². The molecule has 3 nitrogen and oxygen atoms in total. The van der Waals surface area contributed by atoms with Crippen molar-refractivity contribution in [3.63, 3.8) is 0 Å². The van der Waals surface area contributed by atoms with Crippen LogP contribution in [0.4, 0.5) is 0 Å². The molecule has 17 heavy (non-hydrogen) atoms. The highest BCUT2D eigenvalue weighted by molar-refractivity contribution is 9.10. The van der Waals surface area contributed by atoms with Crippen LogP contribution >= 0.6 is 27.3 Å². The number of thiophene rings is 1. The number of hydrogen-bond acceptors (Lipinski definition) is 3. The second-order valence-electron chi connectivity index (χ2n) is 4.00. The molecule has 0 radical (unpaired) electrons. The average Bonchev–Trinajstić information content (AvgIpc) is 2.90. The van der Waals surface area contributed by atoms with Crippen molar-refractivity contribution in [2.45, 2.75) is 18.9 Å². The molecule has 2 aromatic rings. The fraction of sp³-hybridized carbons (Fsp3) is 0.417. The lowest BCUT2D eigenvalue weighted by Gasteiger charge is -2.14. The number of halogens is 1. The topological polar surface area (TPSA) is 29.9 Å². The highest BCUT2D eigenvalue weighted by Crippen LogP contribution is 2.27. The summed E-state index contributed by atoms with van der Waals surface area (Å²) in [4.78, 5) is 5.72. The molecule has 1 atom stereocenters. The maximum atomic E-state index is 4.35. The van der Waals surface area contributed by atoms with E-state index in [1.807, 2.05) is 26.5 Å². The Balaban J connectivity index is 1.99. The Morgan fingerprint density at radius 2 is 2.41 bits per heavy atom. The van der Waals surface area contributed by atoms with Crippen LogP contribution in [-0.2, 0) is 13.5 Å². The highest BCUT2D eigenvalue weighted by atomic mass is 79.9. The van der Waals surface area contributed by atoms with E-state index in [-0.39, 0.29) is 0 Å². The van der Waals surface area contributed by atoms with Gasteiger partial charge in [-0.2, -0.15) is 0 Å². The molecule has 0 aliphatic carbocycles. The third-order valence-electron chi connectivity index (χ3n) is 2.86. The van der Waals surface area contributed by atoms with E-state index in [1.54, 1.807) is 11.3 Å². The number of nitrogens with zero attached hydrogens (tertiary/aromatic N) is 2. The molecule has 0 fully saturated rings. The number of nitrogens with one attached hydrogen (secondary N) is 1. The predicted molar refractivity (Wildman–Crippen MR) is 75.3 cm³/mol. The summed E-state index contributed by atoms with van der Waals surface area (Å²) < 4.78 is 3.24. The van der Waals surface area contributed by atoms with E-state index in [0.717, 1.165) is 23.1 Å². The lowest BCUT2D eigenvalue weighted by atomic mass is 10.1. The van der Waals surface area contributed by atoms with Gasteiger partial charge in [0.15, 0.2) is 0 Å². The first-order valence-electron chi connectivity index (χ1n) is 5.58. The van der Waals surface area contributed by atoms with Crippen LogP contribution in [0.1, 0.15) is 23.2 Å². The molecule has 0 aliphatic heterocycles. The van der Waals surface area contributed by atoms with Crippen LogP contribution in [0.3, 0.4) is 0 Å². The van der Waals surface area contributed by atoms with Gasteiger partial charge in [0.1, 0.15) is 5.82 Å². The molecule has 2 heterocycles. The van der Waals surface area contributed by atoms with Gasteiger partial charge in [0.2, 0.25) is 0 Å². The summed E-state index contributed by atoms with van der Waals surface area (Å²) in [5.41, 5.74) is 0. The largest absolute Gasteiger partial charge is 0.338 e. The molecular weight excluding hydrogens is 298 g/mol. The predicted octanol–water partition coefficient (Wildman–Crippen LogP) is 3.14. The second-order valence-corrected chi connectivity index (χ2v) is 5.86. The minimum Gasteiger partial charge on any atom is -0.338 e. The Labute approximate surface area is 114 Å². The van der Waals surface area contributed by atoms with Crippen molar-refractivity contribution in [2.75, 3.05) is 7.05 Å². The number of aromatic nitrogens is 2. The first kappa shape index (κ1) is 12.8. The van der Waals surface area contributed by atoms with E-state index in [4.69, 9.17) is 0 Å². The van der Waals surface area contributed by atoms with E-state index < -0.39 is 0 Å². The highest BCUT2D eigenvalue weighted by Gasteiger charge is 2.12. The molecular formula is C12H16BrN3S. The molecule has 2 aromatic heterocycles. The quantitative estimate of drug-likeness (QED) is 0.919. The van der Waals surface area contributed by atoms with Gasteiger partial charge in [0, 0.05) is 46.6 Å². The molecule has 1 N–H and O–H groups in total. The monoisotopic (exact) mass is 313 g/mol. The van der Waals surface area contributed by atoms with Crippen LogP contribution in [0.15, 0.2) is 28.3 Å². The Morgan fingerprint density at radius 3 is 2.94 bits per heavy atom. The molecule has 5 heteroatoms. The molecule has 0 saturated heterocycles. The lowest BCUT2D eigenvalue weighted by molar-refractivity contribution is 0.543. The van der Waals surface area contributed by atoms with Gasteiger partial charge in [-0.15, -0.1) is 11.3 Å². The minimum atomic E-state index is 0.406. The third kappa shape index (κ3) is 3.18. The third-order valence-corrected chi connectivity index (χ3v) is 4.66. The van der Waals surface area contributed by atoms with Crippen molar-refractivity contribution in [3.8, 4) is 0 Å². The summed E-state index contributed by atoms with van der Waals surface area (Å²) in [6, 6.07) is 2.59. The number of aryl methyl sites for hydroxylation is 2. The van der Waals surface area contributed by atoms with Gasteiger partial charge < -0.3 is 9.88 Å². The minimum absolute atomic E-state index is 0.406. The van der Waals surface area contributed by atoms with Gasteiger partial charge in [-0.3, -0.25) is 0 Å². The van der Waals surface area contributed by atoms with Gasteiger partial charge in [-0.05, 0) is 35.5 Å². The van der Waals surface area contributed by atoms with Gasteiger partial charge in [0.25, 0.3) is 0 Å². The molecule has 0 aromatic carbocycles. The van der Waals surface area contributed by atoms with Crippen LogP contribution in [0.2, 0.25) is 0 Å². The van der Waals surface area contributed by atoms with E-state index in [2.05, 4.69) is 42.2 Å². The standard InChI is InChI=1S/C12H16BrN3S/c1-14-10(11-7-9(13)8-17-11)3-4-12-15-5-6-16(12)2/h5-8,10,14H,3-4H2,1-2H3. The maximum Gasteiger partial charge on any atom is 0.108 e. The van der Waals surface area contributed by atoms with Crippen LogP contribution in [0.5, 0.6) is 0 Å². The van der Waals surface area contributed by atoms with Gasteiger partial charge in [-0.1, -0.05) is 0 Å². The first-order valence-corrected chi connectivity index (χ1v) is 7.25. The van der Waals surface area contributed by atoms with Crippen molar-refractivity contribution in [3.05, 3.63) is 39.0 Å². The van der Waals surface area contributed by atoms with E-state index >= 15 is 0 Å². The van der Waals surface area contributed by atoms with Crippen LogP contribution < -0.4 is 5.32 Å². The number of imidazole rings is 1. The Morgan fingerprint density at radius 1 is 1.59 bits per heavy atom. The summed E-state index contributed by atoms with van der Waals surface area (Å²) in [5, 5.41) is 5.49. The maximum absolute atomic E-state index is 4.35. The van der Waals surface area contributed by atoms with E-state index in [0.29, 0.717) is 6.04 Å². The number of rotatable bonds is 5. The summed E-state index contributed by atoms with van der Waals surface area (Å²) in [6.07, 6.45) is 5.90. The van der Waals surface area contributed by atoms with Crippen molar-refractivity contribution in [1.82, 2.24) is 14.9 Å². The molecule has 92 valence electrons. The SMILES string of the molecule is CNC(CCc1nccn1C)c1cc(Br)cs1. The Bertz CT molecular complexity index is 478. The van der Waals surface area contributed by atoms with Crippen LogP contribution in [0, 0.1) is 0 Å². The molecule has 0 aliphatic rings. The normalized spacial score (nSPS) is 12.9. The Hall–Kier alpha value is -0.650. The van der Waals surface area contributed by atoms with Crippen LogP contribution in [-0.4, -0.2) is 16.6 Å². The summed E-state index contributed by atoms with van der Waals surface area (Å²) in [7, 11) is 4.05. The molecule has 0 spiro atoms. The first-order chi connectivity index (χ1) is 8.20. The Kier molecular flexibility index (Phi) is 4.36. The fourth-order valence-electron chi connectivity index (χ4n) is 1.85. The molecule has 0 bridgehead atoms. The van der Waals surface area contributed by atoms with Gasteiger partial charge in [0.05, 0.1) is 0 Å². The smallest absolute Gasteiger partial charge is 0.108 e. The lowest BCUT2D eigenvalue weighted by Crippen LogP contribution is -2.16. The van der Waals surface area contributed by atoms with Crippen molar-refractivity contribution in [1.29, 1.82) is 0 Å². The molecule has 2 rings (SSSR count).